The van der Waals surface area contributed by atoms with Crippen molar-refractivity contribution in [1.29, 1.82) is 0 Å². The molecule has 5 nitrogen and oxygen atoms in total. The molecule has 1 aliphatic rings. The monoisotopic (exact) mass is 379 g/mol. The molecule has 1 unspecified atom stereocenters. The minimum absolute atomic E-state index is 0.0416. The van der Waals surface area contributed by atoms with Crippen LogP contribution in [0.2, 0.25) is 0 Å². The van der Waals surface area contributed by atoms with Gasteiger partial charge in [-0.25, -0.2) is 4.39 Å². The van der Waals surface area contributed by atoms with Crippen LogP contribution in [0, 0.1) is 11.7 Å². The van der Waals surface area contributed by atoms with Crippen LogP contribution in [0.1, 0.15) is 12.8 Å². The zero-order chi connectivity index (χ0) is 15.5. The summed E-state index contributed by atoms with van der Waals surface area (Å²) in [7, 11) is -1.88. The minimum Gasteiger partial charge on any atom is -0.319 e. The molecular formula is C13H19BrFN3O2S. The molecule has 2 N–H and O–H groups in total. The molecule has 0 radical (unpaired) electrons. The van der Waals surface area contributed by atoms with E-state index in [9.17, 15) is 12.8 Å². The van der Waals surface area contributed by atoms with Gasteiger partial charge in [-0.05, 0) is 50.6 Å². The van der Waals surface area contributed by atoms with E-state index >= 15 is 0 Å². The Morgan fingerprint density at radius 2 is 2.24 bits per heavy atom. The van der Waals surface area contributed by atoms with Crippen molar-refractivity contribution in [3.05, 3.63) is 28.5 Å². The first-order valence-corrected chi connectivity index (χ1v) is 9.03. The molecule has 0 spiro atoms. The van der Waals surface area contributed by atoms with Crippen molar-refractivity contribution < 1.29 is 12.8 Å². The first-order chi connectivity index (χ1) is 9.92. The van der Waals surface area contributed by atoms with E-state index < -0.39 is 16.0 Å². The fraction of sp³-hybridized carbons (Fsp3) is 0.538. The Labute approximate surface area is 133 Å². The normalized spacial score (nSPS) is 20.4. The molecule has 1 aliphatic heterocycles. The standard InChI is InChI=1S/C13H19BrFN3O2S/c1-16-8-10-3-2-6-18(9-10)21(19,20)17-13-7-11(14)4-5-12(13)15/h4-5,7,10,16-17H,2-3,6,8-9H2,1H3. The van der Waals surface area contributed by atoms with Crippen molar-refractivity contribution in [1.82, 2.24) is 9.62 Å². The Hall–Kier alpha value is -0.700. The molecule has 1 aromatic carbocycles. The highest BCUT2D eigenvalue weighted by Gasteiger charge is 2.29. The van der Waals surface area contributed by atoms with Gasteiger partial charge in [-0.2, -0.15) is 12.7 Å². The van der Waals surface area contributed by atoms with Gasteiger partial charge in [0.05, 0.1) is 5.69 Å². The van der Waals surface area contributed by atoms with Crippen LogP contribution >= 0.6 is 15.9 Å². The quantitative estimate of drug-likeness (QED) is 0.823. The summed E-state index contributed by atoms with van der Waals surface area (Å²) >= 11 is 3.21. The lowest BCUT2D eigenvalue weighted by atomic mass is 10.00. The van der Waals surface area contributed by atoms with E-state index in [-0.39, 0.29) is 11.6 Å². The van der Waals surface area contributed by atoms with Gasteiger partial charge in [-0.1, -0.05) is 15.9 Å². The molecule has 8 heteroatoms. The molecule has 1 aromatic rings. The summed E-state index contributed by atoms with van der Waals surface area (Å²) in [5.41, 5.74) is -0.0416. The lowest BCUT2D eigenvalue weighted by Crippen LogP contribution is -2.44. The zero-order valence-electron chi connectivity index (χ0n) is 11.8. The first-order valence-electron chi connectivity index (χ1n) is 6.80. The Morgan fingerprint density at radius 1 is 1.48 bits per heavy atom. The average Bonchev–Trinajstić information content (AvgIpc) is 2.43. The Bertz CT molecular complexity index is 595. The third-order valence-corrected chi connectivity index (χ3v) is 5.46. The zero-order valence-corrected chi connectivity index (χ0v) is 14.2. The highest BCUT2D eigenvalue weighted by atomic mass is 79.9. The van der Waals surface area contributed by atoms with Crippen molar-refractivity contribution in [2.45, 2.75) is 12.8 Å². The molecule has 1 atom stereocenters. The van der Waals surface area contributed by atoms with Crippen LogP contribution < -0.4 is 10.0 Å². The van der Waals surface area contributed by atoms with Crippen molar-refractivity contribution in [2.75, 3.05) is 31.4 Å². The summed E-state index contributed by atoms with van der Waals surface area (Å²) in [5, 5.41) is 3.07. The number of anilines is 1. The van der Waals surface area contributed by atoms with Gasteiger partial charge in [-0.15, -0.1) is 0 Å². The first kappa shape index (κ1) is 16.7. The van der Waals surface area contributed by atoms with Gasteiger partial charge in [0.2, 0.25) is 0 Å². The van der Waals surface area contributed by atoms with Crippen LogP contribution in [0.4, 0.5) is 10.1 Å². The molecule has 1 saturated heterocycles. The highest BCUT2D eigenvalue weighted by molar-refractivity contribution is 9.10. The number of rotatable bonds is 5. The number of halogens is 2. The van der Waals surface area contributed by atoms with Crippen LogP contribution in [0.25, 0.3) is 0 Å². The summed E-state index contributed by atoms with van der Waals surface area (Å²) in [5.74, 6) is -0.307. The van der Waals surface area contributed by atoms with Gasteiger partial charge in [0.1, 0.15) is 5.82 Å². The summed E-state index contributed by atoms with van der Waals surface area (Å²) in [6, 6.07) is 4.17. The van der Waals surface area contributed by atoms with Crippen molar-refractivity contribution in [3.8, 4) is 0 Å². The number of hydrogen-bond donors (Lipinski definition) is 2. The number of benzene rings is 1. The van der Waals surface area contributed by atoms with E-state index in [0.717, 1.165) is 19.4 Å². The molecule has 0 bridgehead atoms. The largest absolute Gasteiger partial charge is 0.319 e. The van der Waals surface area contributed by atoms with Crippen LogP contribution in [0.3, 0.4) is 0 Å². The van der Waals surface area contributed by atoms with E-state index in [4.69, 9.17) is 0 Å². The summed E-state index contributed by atoms with van der Waals surface area (Å²) in [4.78, 5) is 0. The fourth-order valence-electron chi connectivity index (χ4n) is 2.48. The molecule has 118 valence electrons. The summed E-state index contributed by atoms with van der Waals surface area (Å²) in [6.45, 7) is 1.69. The van der Waals surface area contributed by atoms with Gasteiger partial charge in [-0.3, -0.25) is 4.72 Å². The van der Waals surface area contributed by atoms with Crippen molar-refractivity contribution in [3.63, 3.8) is 0 Å². The van der Waals surface area contributed by atoms with Gasteiger partial charge >= 0.3 is 10.2 Å². The molecular weight excluding hydrogens is 361 g/mol. The minimum atomic E-state index is -3.73. The maximum Gasteiger partial charge on any atom is 0.301 e. The second kappa shape index (κ2) is 7.04. The van der Waals surface area contributed by atoms with Gasteiger partial charge < -0.3 is 5.32 Å². The molecule has 0 aromatic heterocycles. The molecule has 1 heterocycles. The second-order valence-corrected chi connectivity index (χ2v) is 7.74. The third-order valence-electron chi connectivity index (χ3n) is 3.48. The summed E-state index contributed by atoms with van der Waals surface area (Å²) < 4.78 is 42.8. The lowest BCUT2D eigenvalue weighted by molar-refractivity contribution is 0.264. The van der Waals surface area contributed by atoms with Gasteiger partial charge in [0, 0.05) is 17.6 Å². The smallest absolute Gasteiger partial charge is 0.301 e. The Kier molecular flexibility index (Phi) is 5.59. The molecule has 0 aliphatic carbocycles. The number of hydrogen-bond acceptors (Lipinski definition) is 3. The van der Waals surface area contributed by atoms with Gasteiger partial charge in [0.25, 0.3) is 0 Å². The maximum absolute atomic E-state index is 13.7. The predicted octanol–water partition coefficient (Wildman–Crippen LogP) is 2.18. The van der Waals surface area contributed by atoms with Crippen LogP contribution in [0.15, 0.2) is 22.7 Å². The Morgan fingerprint density at radius 3 is 2.95 bits per heavy atom. The Balaban J connectivity index is 2.12. The molecule has 2 rings (SSSR count). The second-order valence-electron chi connectivity index (χ2n) is 5.16. The fourth-order valence-corrected chi connectivity index (χ4v) is 4.18. The van der Waals surface area contributed by atoms with Gasteiger partial charge in [0.15, 0.2) is 0 Å². The predicted molar refractivity (Wildman–Crippen MR) is 84.9 cm³/mol. The maximum atomic E-state index is 13.7. The van der Waals surface area contributed by atoms with Crippen LogP contribution in [0.5, 0.6) is 0 Å². The van der Waals surface area contributed by atoms with E-state index in [1.54, 1.807) is 0 Å². The molecule has 1 fully saturated rings. The number of nitrogens with one attached hydrogen (secondary N) is 2. The lowest BCUT2D eigenvalue weighted by Gasteiger charge is -2.31. The topological polar surface area (TPSA) is 61.4 Å². The highest BCUT2D eigenvalue weighted by Crippen LogP contribution is 2.24. The van der Waals surface area contributed by atoms with E-state index in [0.29, 0.717) is 17.6 Å². The number of nitrogens with zero attached hydrogens (tertiary/aromatic N) is 1. The van der Waals surface area contributed by atoms with Crippen molar-refractivity contribution in [2.24, 2.45) is 5.92 Å². The van der Waals surface area contributed by atoms with Crippen molar-refractivity contribution >= 4 is 31.8 Å². The van der Waals surface area contributed by atoms with Crippen LogP contribution in [-0.4, -0.2) is 39.4 Å². The molecule has 21 heavy (non-hydrogen) atoms. The molecule has 0 saturated carbocycles. The SMILES string of the molecule is CNCC1CCCN(S(=O)(=O)Nc2cc(Br)ccc2F)C1. The van der Waals surface area contributed by atoms with E-state index in [2.05, 4.69) is 26.0 Å². The average molecular weight is 380 g/mol. The molecule has 0 amide bonds. The van der Waals surface area contributed by atoms with E-state index in [1.807, 2.05) is 7.05 Å². The summed E-state index contributed by atoms with van der Waals surface area (Å²) in [6.07, 6.45) is 1.81. The number of piperidine rings is 1. The van der Waals surface area contributed by atoms with E-state index in [1.165, 1.54) is 22.5 Å². The third kappa shape index (κ3) is 4.38. The van der Waals surface area contributed by atoms with Crippen LogP contribution in [-0.2, 0) is 10.2 Å².